The third kappa shape index (κ3) is 5.82. The summed E-state index contributed by atoms with van der Waals surface area (Å²) in [6, 6.07) is 13.4. The minimum absolute atomic E-state index is 0.0948. The van der Waals surface area contributed by atoms with Gasteiger partial charge < -0.3 is 19.6 Å². The van der Waals surface area contributed by atoms with Gasteiger partial charge in [0.15, 0.2) is 0 Å². The van der Waals surface area contributed by atoms with Crippen LogP contribution in [0.25, 0.3) is 0 Å². The van der Waals surface area contributed by atoms with E-state index in [9.17, 15) is 14.4 Å². The smallest absolute Gasteiger partial charge is 0.257 e. The van der Waals surface area contributed by atoms with Crippen molar-refractivity contribution < 1.29 is 14.0 Å². The van der Waals surface area contributed by atoms with E-state index in [2.05, 4.69) is 17.2 Å². The number of hydrogen-bond acceptors (Lipinski definition) is 4. The van der Waals surface area contributed by atoms with E-state index in [1.807, 2.05) is 49.4 Å². The van der Waals surface area contributed by atoms with Gasteiger partial charge in [-0.3, -0.25) is 14.4 Å². The van der Waals surface area contributed by atoms with Crippen LogP contribution in [0.2, 0.25) is 0 Å². The summed E-state index contributed by atoms with van der Waals surface area (Å²) in [6.07, 6.45) is 5.02. The highest BCUT2D eigenvalue weighted by Gasteiger charge is 2.19. The summed E-state index contributed by atoms with van der Waals surface area (Å²) in [7, 11) is 0. The van der Waals surface area contributed by atoms with Gasteiger partial charge in [-0.25, -0.2) is 0 Å². The molecule has 2 aromatic heterocycles. The number of pyridine rings is 1. The standard InChI is InChI=1S/C24H25N3O4/c1-3-12-25-23(29)20-15-27(14-19-10-9-17(2)31-19)16-21(22(20)28)24(30)26-13-11-18-7-5-4-6-8-18/h3-10,15-16H,1,11-14H2,2H3,(H,25,29)(H,26,30). The zero-order chi connectivity index (χ0) is 22.2. The van der Waals surface area contributed by atoms with Crippen LogP contribution in [-0.2, 0) is 13.0 Å². The van der Waals surface area contributed by atoms with Gasteiger partial charge in [0, 0.05) is 25.5 Å². The largest absolute Gasteiger partial charge is 0.464 e. The zero-order valence-corrected chi connectivity index (χ0v) is 17.4. The van der Waals surface area contributed by atoms with Crippen LogP contribution in [0.15, 0.2) is 76.7 Å². The third-order valence-corrected chi connectivity index (χ3v) is 4.65. The van der Waals surface area contributed by atoms with Crippen molar-refractivity contribution in [3.63, 3.8) is 0 Å². The molecule has 0 radical (unpaired) electrons. The second-order valence-corrected chi connectivity index (χ2v) is 7.09. The molecule has 0 saturated heterocycles. The number of amides is 2. The number of aromatic nitrogens is 1. The Morgan fingerprint density at radius 3 is 2.32 bits per heavy atom. The quantitative estimate of drug-likeness (QED) is 0.522. The fourth-order valence-electron chi connectivity index (χ4n) is 3.12. The molecule has 31 heavy (non-hydrogen) atoms. The first-order valence-corrected chi connectivity index (χ1v) is 9.98. The van der Waals surface area contributed by atoms with Gasteiger partial charge >= 0.3 is 0 Å². The Morgan fingerprint density at radius 2 is 1.71 bits per heavy atom. The fraction of sp³-hybridized carbons (Fsp3) is 0.208. The first kappa shape index (κ1) is 21.8. The minimum Gasteiger partial charge on any atom is -0.464 e. The van der Waals surface area contributed by atoms with Crippen LogP contribution in [0, 0.1) is 6.92 Å². The van der Waals surface area contributed by atoms with Crippen LogP contribution in [-0.4, -0.2) is 29.5 Å². The molecule has 0 unspecified atom stereocenters. The van der Waals surface area contributed by atoms with Crippen molar-refractivity contribution in [2.24, 2.45) is 0 Å². The number of benzene rings is 1. The van der Waals surface area contributed by atoms with Crippen molar-refractivity contribution in [1.29, 1.82) is 0 Å². The maximum absolute atomic E-state index is 12.9. The van der Waals surface area contributed by atoms with Crippen molar-refractivity contribution in [2.45, 2.75) is 19.9 Å². The summed E-state index contributed by atoms with van der Waals surface area (Å²) in [5, 5.41) is 5.36. The second-order valence-electron chi connectivity index (χ2n) is 7.09. The molecule has 2 N–H and O–H groups in total. The maximum atomic E-state index is 12.9. The summed E-state index contributed by atoms with van der Waals surface area (Å²) in [6.45, 7) is 6.24. The van der Waals surface area contributed by atoms with Crippen LogP contribution in [0.1, 0.15) is 37.8 Å². The van der Waals surface area contributed by atoms with Crippen LogP contribution >= 0.6 is 0 Å². The Kier molecular flexibility index (Phi) is 7.22. The molecule has 2 heterocycles. The van der Waals surface area contributed by atoms with E-state index < -0.39 is 17.2 Å². The molecule has 2 amide bonds. The SMILES string of the molecule is C=CCNC(=O)c1cn(Cc2ccc(C)o2)cc(C(=O)NCCc2ccccc2)c1=O. The van der Waals surface area contributed by atoms with Crippen LogP contribution in [0.3, 0.4) is 0 Å². The van der Waals surface area contributed by atoms with E-state index in [0.29, 0.717) is 18.7 Å². The molecule has 0 spiro atoms. The molecule has 0 saturated carbocycles. The number of carbonyl (C=O) groups excluding carboxylic acids is 2. The average molecular weight is 419 g/mol. The van der Waals surface area contributed by atoms with Gasteiger partial charge in [-0.05, 0) is 31.0 Å². The predicted molar refractivity (Wildman–Crippen MR) is 118 cm³/mol. The molecule has 0 aliphatic heterocycles. The Morgan fingerprint density at radius 1 is 1.03 bits per heavy atom. The molecule has 3 rings (SSSR count). The third-order valence-electron chi connectivity index (χ3n) is 4.65. The van der Waals surface area contributed by atoms with Gasteiger partial charge in [-0.2, -0.15) is 0 Å². The molecule has 0 aliphatic carbocycles. The van der Waals surface area contributed by atoms with Gasteiger partial charge in [-0.15, -0.1) is 6.58 Å². The Hall–Kier alpha value is -3.87. The Labute approximate surface area is 180 Å². The van der Waals surface area contributed by atoms with Crippen molar-refractivity contribution in [1.82, 2.24) is 15.2 Å². The predicted octanol–water partition coefficient (Wildman–Crippen LogP) is 2.69. The topological polar surface area (TPSA) is 93.3 Å². The molecule has 160 valence electrons. The van der Waals surface area contributed by atoms with E-state index in [1.165, 1.54) is 18.5 Å². The summed E-state index contributed by atoms with van der Waals surface area (Å²) in [5.74, 6) is 0.310. The lowest BCUT2D eigenvalue weighted by Crippen LogP contribution is -2.36. The maximum Gasteiger partial charge on any atom is 0.257 e. The molecule has 0 aliphatic rings. The number of furan rings is 1. The molecular weight excluding hydrogens is 394 g/mol. The lowest BCUT2D eigenvalue weighted by molar-refractivity contribution is 0.0952. The van der Waals surface area contributed by atoms with Gasteiger partial charge in [-0.1, -0.05) is 36.4 Å². The Balaban J connectivity index is 1.84. The van der Waals surface area contributed by atoms with E-state index in [0.717, 1.165) is 11.3 Å². The molecule has 0 bridgehead atoms. The molecule has 7 heteroatoms. The van der Waals surface area contributed by atoms with Crippen LogP contribution < -0.4 is 16.1 Å². The molecule has 0 fully saturated rings. The fourth-order valence-corrected chi connectivity index (χ4v) is 3.12. The van der Waals surface area contributed by atoms with E-state index >= 15 is 0 Å². The number of carbonyl (C=O) groups is 2. The molecule has 1 aromatic carbocycles. The Bertz CT molecular complexity index is 1130. The summed E-state index contributed by atoms with van der Waals surface area (Å²) in [4.78, 5) is 38.1. The van der Waals surface area contributed by atoms with Crippen molar-refractivity contribution >= 4 is 11.8 Å². The zero-order valence-electron chi connectivity index (χ0n) is 17.4. The van der Waals surface area contributed by atoms with Gasteiger partial charge in [0.2, 0.25) is 5.43 Å². The lowest BCUT2D eigenvalue weighted by atomic mass is 10.1. The number of rotatable bonds is 9. The van der Waals surface area contributed by atoms with Gasteiger partial charge in [0.25, 0.3) is 11.8 Å². The normalized spacial score (nSPS) is 10.5. The second kappa shape index (κ2) is 10.2. The highest BCUT2D eigenvalue weighted by atomic mass is 16.3. The summed E-state index contributed by atoms with van der Waals surface area (Å²) < 4.78 is 7.19. The van der Waals surface area contributed by atoms with Crippen molar-refractivity contribution in [3.8, 4) is 0 Å². The molecule has 7 nitrogen and oxygen atoms in total. The highest BCUT2D eigenvalue weighted by Crippen LogP contribution is 2.10. The summed E-state index contributed by atoms with van der Waals surface area (Å²) >= 11 is 0. The minimum atomic E-state index is -0.620. The van der Waals surface area contributed by atoms with Gasteiger partial charge in [0.1, 0.15) is 22.6 Å². The van der Waals surface area contributed by atoms with Crippen LogP contribution in [0.5, 0.6) is 0 Å². The number of aryl methyl sites for hydroxylation is 1. The average Bonchev–Trinajstić information content (AvgIpc) is 3.18. The monoisotopic (exact) mass is 419 g/mol. The summed E-state index contributed by atoms with van der Waals surface area (Å²) in [5.41, 5.74) is 0.250. The molecular formula is C24H25N3O4. The van der Waals surface area contributed by atoms with Crippen molar-refractivity contribution in [2.75, 3.05) is 13.1 Å². The lowest BCUT2D eigenvalue weighted by Gasteiger charge is -2.12. The first-order chi connectivity index (χ1) is 15.0. The molecule has 0 atom stereocenters. The number of hydrogen-bond donors (Lipinski definition) is 2. The molecule has 3 aromatic rings. The van der Waals surface area contributed by atoms with E-state index in [4.69, 9.17) is 4.42 Å². The van der Waals surface area contributed by atoms with Crippen molar-refractivity contribution in [3.05, 3.63) is 106 Å². The van der Waals surface area contributed by atoms with E-state index in [1.54, 1.807) is 4.57 Å². The van der Waals surface area contributed by atoms with E-state index in [-0.39, 0.29) is 24.2 Å². The van der Waals surface area contributed by atoms with Gasteiger partial charge in [0.05, 0.1) is 6.54 Å². The number of nitrogens with zero attached hydrogens (tertiary/aromatic N) is 1. The highest BCUT2D eigenvalue weighted by molar-refractivity contribution is 5.99. The van der Waals surface area contributed by atoms with Crippen LogP contribution in [0.4, 0.5) is 0 Å². The number of nitrogens with one attached hydrogen (secondary N) is 2. The first-order valence-electron chi connectivity index (χ1n) is 9.98.